The van der Waals surface area contributed by atoms with Crippen LogP contribution in [0.15, 0.2) is 31.0 Å². The molecule has 70 valence electrons. The molecule has 0 spiro atoms. The van der Waals surface area contributed by atoms with Crippen LogP contribution in [0.2, 0.25) is 0 Å². The van der Waals surface area contributed by atoms with Gasteiger partial charge in [0.05, 0.1) is 24.3 Å². The molecular weight excluding hydrogens is 180 g/mol. The molecule has 0 saturated carbocycles. The third-order valence-electron chi connectivity index (χ3n) is 1.47. The highest BCUT2D eigenvalue weighted by molar-refractivity contribution is 5.46. The van der Waals surface area contributed by atoms with Crippen LogP contribution in [0.4, 0.5) is 17.5 Å². The van der Waals surface area contributed by atoms with Crippen LogP contribution >= 0.6 is 0 Å². The van der Waals surface area contributed by atoms with E-state index in [4.69, 9.17) is 5.73 Å². The third-order valence-corrected chi connectivity index (χ3v) is 1.47. The fourth-order valence-corrected chi connectivity index (χ4v) is 0.881. The van der Waals surface area contributed by atoms with Gasteiger partial charge in [-0.1, -0.05) is 0 Å². The number of hydrogen-bond donors (Lipinski definition) is 2. The third kappa shape index (κ3) is 1.92. The molecule has 6 heteroatoms. The second-order valence-corrected chi connectivity index (χ2v) is 2.56. The number of nitrogens with two attached hydrogens (primary N) is 1. The molecule has 0 aliphatic heterocycles. The molecule has 2 aromatic heterocycles. The standard InChI is InChI=1S/C8H8N6/c9-6-3-12-8(13-4-6)14-7-5-10-1-2-11-7/h1-5H,9H2,(H,11,12,13,14). The first kappa shape index (κ1) is 8.36. The fourth-order valence-electron chi connectivity index (χ4n) is 0.881. The predicted molar refractivity (Wildman–Crippen MR) is 51.8 cm³/mol. The molecule has 3 N–H and O–H groups in total. The van der Waals surface area contributed by atoms with E-state index in [9.17, 15) is 0 Å². The molecule has 2 heterocycles. The van der Waals surface area contributed by atoms with Gasteiger partial charge in [0, 0.05) is 12.4 Å². The van der Waals surface area contributed by atoms with Crippen LogP contribution in [0.5, 0.6) is 0 Å². The van der Waals surface area contributed by atoms with Crippen LogP contribution in [0, 0.1) is 0 Å². The number of nitrogens with zero attached hydrogens (tertiary/aromatic N) is 4. The number of nitrogens with one attached hydrogen (secondary N) is 1. The summed E-state index contributed by atoms with van der Waals surface area (Å²) in [5.74, 6) is 1.04. The maximum absolute atomic E-state index is 5.44. The summed E-state index contributed by atoms with van der Waals surface area (Å²) in [5, 5.41) is 2.88. The lowest BCUT2D eigenvalue weighted by molar-refractivity contribution is 1.13. The van der Waals surface area contributed by atoms with Gasteiger partial charge in [-0.2, -0.15) is 0 Å². The Morgan fingerprint density at radius 3 is 2.43 bits per heavy atom. The van der Waals surface area contributed by atoms with E-state index in [2.05, 4.69) is 25.3 Å². The first-order valence-electron chi connectivity index (χ1n) is 3.95. The van der Waals surface area contributed by atoms with Crippen LogP contribution in [0.1, 0.15) is 0 Å². The van der Waals surface area contributed by atoms with E-state index in [1.54, 1.807) is 18.6 Å². The molecule has 0 unspecified atom stereocenters. The molecule has 2 rings (SSSR count). The van der Waals surface area contributed by atoms with Gasteiger partial charge in [0.25, 0.3) is 0 Å². The van der Waals surface area contributed by atoms with Crippen molar-refractivity contribution in [1.29, 1.82) is 0 Å². The molecular formula is C8H8N6. The van der Waals surface area contributed by atoms with Gasteiger partial charge in [0.1, 0.15) is 0 Å². The average molecular weight is 188 g/mol. The van der Waals surface area contributed by atoms with Crippen molar-refractivity contribution < 1.29 is 0 Å². The van der Waals surface area contributed by atoms with E-state index in [0.717, 1.165) is 0 Å². The molecule has 14 heavy (non-hydrogen) atoms. The van der Waals surface area contributed by atoms with Crippen LogP contribution in [-0.2, 0) is 0 Å². The number of anilines is 3. The lowest BCUT2D eigenvalue weighted by Crippen LogP contribution is -1.99. The lowest BCUT2D eigenvalue weighted by atomic mass is 10.5. The molecule has 0 aliphatic carbocycles. The highest BCUT2D eigenvalue weighted by atomic mass is 15.1. The molecule has 0 saturated heterocycles. The monoisotopic (exact) mass is 188 g/mol. The van der Waals surface area contributed by atoms with Gasteiger partial charge in [-0.05, 0) is 0 Å². The summed E-state index contributed by atoms with van der Waals surface area (Å²) >= 11 is 0. The summed E-state index contributed by atoms with van der Waals surface area (Å²) in [6, 6.07) is 0. The molecule has 0 atom stereocenters. The SMILES string of the molecule is Nc1cnc(Nc2cnccn2)nc1. The number of rotatable bonds is 2. The van der Waals surface area contributed by atoms with Crippen LogP contribution in [0.3, 0.4) is 0 Å². The Balaban J connectivity index is 2.16. The van der Waals surface area contributed by atoms with E-state index >= 15 is 0 Å². The molecule has 0 amide bonds. The Kier molecular flexibility index (Phi) is 2.18. The Hall–Kier alpha value is -2.24. The minimum Gasteiger partial charge on any atom is -0.396 e. The van der Waals surface area contributed by atoms with Crippen LogP contribution < -0.4 is 11.1 Å². The van der Waals surface area contributed by atoms with Crippen molar-refractivity contribution in [2.45, 2.75) is 0 Å². The largest absolute Gasteiger partial charge is 0.396 e. The topological polar surface area (TPSA) is 89.6 Å². The molecule has 0 bridgehead atoms. The highest BCUT2D eigenvalue weighted by Crippen LogP contribution is 2.07. The quantitative estimate of drug-likeness (QED) is 0.717. The maximum atomic E-state index is 5.44. The first-order valence-corrected chi connectivity index (χ1v) is 3.95. The van der Waals surface area contributed by atoms with E-state index in [-0.39, 0.29) is 0 Å². The van der Waals surface area contributed by atoms with Gasteiger partial charge in [0.15, 0.2) is 5.82 Å². The first-order chi connectivity index (χ1) is 6.84. The van der Waals surface area contributed by atoms with Crippen molar-refractivity contribution in [1.82, 2.24) is 19.9 Å². The maximum Gasteiger partial charge on any atom is 0.228 e. The van der Waals surface area contributed by atoms with Gasteiger partial charge in [-0.15, -0.1) is 0 Å². The molecule has 0 fully saturated rings. The zero-order valence-corrected chi connectivity index (χ0v) is 7.25. The summed E-state index contributed by atoms with van der Waals surface area (Å²) in [4.78, 5) is 15.8. The second-order valence-electron chi connectivity index (χ2n) is 2.56. The summed E-state index contributed by atoms with van der Waals surface area (Å²) in [7, 11) is 0. The Bertz CT molecular complexity index is 398. The summed E-state index contributed by atoms with van der Waals surface area (Å²) in [6.45, 7) is 0. The predicted octanol–water partition coefficient (Wildman–Crippen LogP) is 0.592. The van der Waals surface area contributed by atoms with Gasteiger partial charge < -0.3 is 11.1 Å². The van der Waals surface area contributed by atoms with E-state index in [1.165, 1.54) is 12.4 Å². The lowest BCUT2D eigenvalue weighted by Gasteiger charge is -2.01. The van der Waals surface area contributed by atoms with Crippen molar-refractivity contribution in [2.75, 3.05) is 11.1 Å². The summed E-state index contributed by atoms with van der Waals surface area (Å²) in [5.41, 5.74) is 5.96. The van der Waals surface area contributed by atoms with Gasteiger partial charge >= 0.3 is 0 Å². The van der Waals surface area contributed by atoms with Gasteiger partial charge in [-0.25, -0.2) is 15.0 Å². The average Bonchev–Trinajstić information content (AvgIpc) is 2.23. The smallest absolute Gasteiger partial charge is 0.228 e. The molecule has 2 aromatic rings. The van der Waals surface area contributed by atoms with E-state index in [0.29, 0.717) is 17.5 Å². The van der Waals surface area contributed by atoms with Crippen LogP contribution in [0.25, 0.3) is 0 Å². The summed E-state index contributed by atoms with van der Waals surface area (Å²) in [6.07, 6.45) is 7.80. The minimum absolute atomic E-state index is 0.444. The highest BCUT2D eigenvalue weighted by Gasteiger charge is 1.96. The Morgan fingerprint density at radius 2 is 1.79 bits per heavy atom. The minimum atomic E-state index is 0.444. The van der Waals surface area contributed by atoms with Crippen molar-refractivity contribution >= 4 is 17.5 Å². The number of aromatic nitrogens is 4. The van der Waals surface area contributed by atoms with Crippen molar-refractivity contribution in [3.63, 3.8) is 0 Å². The Labute approximate surface area is 80.3 Å². The zero-order valence-electron chi connectivity index (χ0n) is 7.25. The molecule has 0 radical (unpaired) electrons. The number of hydrogen-bond acceptors (Lipinski definition) is 6. The van der Waals surface area contributed by atoms with Crippen molar-refractivity contribution in [3.8, 4) is 0 Å². The van der Waals surface area contributed by atoms with E-state index in [1.807, 2.05) is 0 Å². The van der Waals surface area contributed by atoms with E-state index < -0.39 is 0 Å². The summed E-state index contributed by atoms with van der Waals surface area (Å²) < 4.78 is 0. The molecule has 6 nitrogen and oxygen atoms in total. The number of nitrogen functional groups attached to an aromatic ring is 1. The van der Waals surface area contributed by atoms with Gasteiger partial charge in [-0.3, -0.25) is 4.98 Å². The second kappa shape index (κ2) is 3.65. The molecule has 0 aliphatic rings. The Morgan fingerprint density at radius 1 is 1.00 bits per heavy atom. The molecule has 0 aromatic carbocycles. The van der Waals surface area contributed by atoms with Gasteiger partial charge in [0.2, 0.25) is 5.95 Å². The normalized spacial score (nSPS) is 9.71. The van der Waals surface area contributed by atoms with Crippen LogP contribution in [-0.4, -0.2) is 19.9 Å². The van der Waals surface area contributed by atoms with Crippen molar-refractivity contribution in [2.24, 2.45) is 0 Å². The van der Waals surface area contributed by atoms with Crippen molar-refractivity contribution in [3.05, 3.63) is 31.0 Å². The fraction of sp³-hybridized carbons (Fsp3) is 0. The zero-order chi connectivity index (χ0) is 9.80.